The number of alkyl halides is 4. The van der Waals surface area contributed by atoms with E-state index in [1.54, 1.807) is 30.9 Å². The molecule has 7 nitrogen and oxygen atoms in total. The Morgan fingerprint density at radius 2 is 2.06 bits per heavy atom. The molecule has 1 fully saturated rings. The van der Waals surface area contributed by atoms with E-state index in [2.05, 4.69) is 15.3 Å². The molecule has 0 bridgehead atoms. The van der Waals surface area contributed by atoms with Crippen molar-refractivity contribution in [3.05, 3.63) is 46.8 Å². The zero-order chi connectivity index (χ0) is 24.6. The third-order valence-corrected chi connectivity index (χ3v) is 6.03. The third kappa shape index (κ3) is 4.97. The lowest BCUT2D eigenvalue weighted by Gasteiger charge is -2.25. The molecule has 2 aromatic heterocycles. The van der Waals surface area contributed by atoms with Crippen LogP contribution < -0.4 is 10.1 Å². The van der Waals surface area contributed by atoms with E-state index in [1.807, 2.05) is 0 Å². The highest BCUT2D eigenvalue weighted by molar-refractivity contribution is 6.01. The number of nitrogens with zero attached hydrogens (tertiary/aromatic N) is 3. The summed E-state index contributed by atoms with van der Waals surface area (Å²) in [6.07, 6.45) is 1.52. The van der Waals surface area contributed by atoms with Gasteiger partial charge in [-0.05, 0) is 50.3 Å². The van der Waals surface area contributed by atoms with Crippen molar-refractivity contribution < 1.29 is 31.9 Å². The van der Waals surface area contributed by atoms with Crippen LogP contribution in [0.1, 0.15) is 59.3 Å². The lowest BCUT2D eigenvalue weighted by atomic mass is 10.1. The van der Waals surface area contributed by atoms with Crippen LogP contribution in [-0.2, 0) is 11.3 Å². The molecule has 2 aromatic rings. The summed E-state index contributed by atoms with van der Waals surface area (Å²) in [5, 5.41) is 2.81. The average molecular weight is 480 g/mol. The van der Waals surface area contributed by atoms with Gasteiger partial charge in [0.15, 0.2) is 6.61 Å². The number of aryl methyl sites for hydroxylation is 1. The number of amides is 2. The topological polar surface area (TPSA) is 84.4 Å². The molecule has 1 atom stereocenters. The van der Waals surface area contributed by atoms with E-state index in [-0.39, 0.29) is 24.2 Å². The molecule has 3 heterocycles. The summed E-state index contributed by atoms with van der Waals surface area (Å²) in [6, 6.07) is 2.77. The lowest BCUT2D eigenvalue weighted by molar-refractivity contribution is -0.148. The molecule has 2 amide bonds. The second kappa shape index (κ2) is 9.19. The fourth-order valence-corrected chi connectivity index (χ4v) is 3.81. The number of aromatic nitrogens is 2. The van der Waals surface area contributed by atoms with Crippen molar-refractivity contribution in [2.75, 3.05) is 11.9 Å². The van der Waals surface area contributed by atoms with Crippen molar-refractivity contribution in [3.8, 4) is 5.88 Å². The Morgan fingerprint density at radius 1 is 1.32 bits per heavy atom. The molecule has 0 aromatic carbocycles. The maximum Gasteiger partial charge on any atom is 0.340 e. The summed E-state index contributed by atoms with van der Waals surface area (Å²) in [4.78, 5) is 35.1. The van der Waals surface area contributed by atoms with Gasteiger partial charge in [-0.25, -0.2) is 18.7 Å². The highest BCUT2D eigenvalue weighted by Crippen LogP contribution is 2.36. The normalized spacial score (nSPS) is 16.6. The number of carbonyl (C=O) groups excluding carboxylic acids is 2. The molecule has 2 aliphatic rings. The van der Waals surface area contributed by atoms with Gasteiger partial charge in [0.05, 0.1) is 12.6 Å². The number of anilines is 1. The van der Waals surface area contributed by atoms with Crippen molar-refractivity contribution in [2.24, 2.45) is 5.92 Å². The summed E-state index contributed by atoms with van der Waals surface area (Å²) in [5.41, 5.74) is 2.05. The van der Waals surface area contributed by atoms with Gasteiger partial charge in [0.2, 0.25) is 11.8 Å². The fourth-order valence-electron chi connectivity index (χ4n) is 3.81. The number of pyridine rings is 2. The van der Waals surface area contributed by atoms with Crippen molar-refractivity contribution >= 4 is 17.6 Å². The van der Waals surface area contributed by atoms with E-state index < -0.39 is 25.0 Å². The summed E-state index contributed by atoms with van der Waals surface area (Å²) in [7, 11) is 0. The highest BCUT2D eigenvalue weighted by atomic mass is 19.3. The summed E-state index contributed by atoms with van der Waals surface area (Å²) >= 11 is 0. The highest BCUT2D eigenvalue weighted by Gasteiger charge is 2.42. The molecular weight excluding hydrogens is 456 g/mol. The number of nitrogens with one attached hydrogen (secondary N) is 1. The largest absolute Gasteiger partial charge is 0.471 e. The number of hydrogen-bond donors (Lipinski definition) is 1. The van der Waals surface area contributed by atoms with Crippen molar-refractivity contribution in [3.63, 3.8) is 0 Å². The van der Waals surface area contributed by atoms with Gasteiger partial charge in [0.25, 0.3) is 5.91 Å². The number of fused-ring (bicyclic) bond motifs is 1. The van der Waals surface area contributed by atoms with Crippen LogP contribution in [-0.4, -0.2) is 45.6 Å². The molecule has 1 aliphatic carbocycles. The van der Waals surface area contributed by atoms with Crippen LogP contribution in [0.2, 0.25) is 0 Å². The van der Waals surface area contributed by atoms with Crippen molar-refractivity contribution in [1.29, 1.82) is 0 Å². The number of halogens is 4. The molecule has 34 heavy (non-hydrogen) atoms. The monoisotopic (exact) mass is 480 g/mol. The zero-order valence-corrected chi connectivity index (χ0v) is 18.7. The SMILES string of the molecule is Cc1cc(C(C)N2Cc3c(ccnc3NC(=O)CC3CC3)C2=O)cnc1OCC(F)(F)C(F)F. The standard InChI is InChI=1S/C23H24F4N4O3/c1-12-7-15(9-29-20(12)34-11-23(26,27)22(24)25)13(2)31-10-17-16(21(31)33)5-6-28-19(17)30-18(32)8-14-3-4-14/h5-7,9,13-14,22H,3-4,8,10-11H2,1-2H3,(H,28,30,32). The first-order valence-electron chi connectivity index (χ1n) is 10.9. The molecule has 1 aliphatic heterocycles. The Hall–Kier alpha value is -3.24. The smallest absolute Gasteiger partial charge is 0.340 e. The van der Waals surface area contributed by atoms with Crippen LogP contribution in [0.3, 0.4) is 0 Å². The van der Waals surface area contributed by atoms with Crippen LogP contribution in [0.4, 0.5) is 23.4 Å². The lowest BCUT2D eigenvalue weighted by Crippen LogP contribution is -2.34. The van der Waals surface area contributed by atoms with Crippen LogP contribution in [0.15, 0.2) is 24.5 Å². The van der Waals surface area contributed by atoms with Crippen LogP contribution in [0.5, 0.6) is 5.88 Å². The molecule has 1 unspecified atom stereocenters. The number of rotatable bonds is 9. The number of hydrogen-bond acceptors (Lipinski definition) is 5. The van der Waals surface area contributed by atoms with Crippen LogP contribution in [0.25, 0.3) is 0 Å². The predicted octanol–water partition coefficient (Wildman–Crippen LogP) is 4.52. The van der Waals surface area contributed by atoms with Crippen molar-refractivity contribution in [2.45, 2.75) is 58.0 Å². The summed E-state index contributed by atoms with van der Waals surface area (Å²) in [6.45, 7) is 2.07. The first-order chi connectivity index (χ1) is 16.1. The third-order valence-electron chi connectivity index (χ3n) is 6.03. The van der Waals surface area contributed by atoms with Gasteiger partial charge in [-0.3, -0.25) is 9.59 Å². The molecule has 11 heteroatoms. The van der Waals surface area contributed by atoms with Gasteiger partial charge >= 0.3 is 12.3 Å². The Bertz CT molecular complexity index is 1110. The first kappa shape index (κ1) is 23.9. The molecule has 4 rings (SSSR count). The van der Waals surface area contributed by atoms with Crippen molar-refractivity contribution in [1.82, 2.24) is 14.9 Å². The second-order valence-electron chi connectivity index (χ2n) is 8.73. The Morgan fingerprint density at radius 3 is 2.71 bits per heavy atom. The Balaban J connectivity index is 1.46. The van der Waals surface area contributed by atoms with E-state index in [9.17, 15) is 27.2 Å². The number of ether oxygens (including phenoxy) is 1. The molecule has 0 saturated heterocycles. The maximum atomic E-state index is 13.1. The molecule has 182 valence electrons. The van der Waals surface area contributed by atoms with Gasteiger partial charge in [-0.15, -0.1) is 0 Å². The Labute approximate surface area is 193 Å². The van der Waals surface area contributed by atoms with E-state index in [4.69, 9.17) is 4.74 Å². The molecule has 0 spiro atoms. The molecule has 1 N–H and O–H groups in total. The Kier molecular flexibility index (Phi) is 6.46. The van der Waals surface area contributed by atoms with Crippen LogP contribution >= 0.6 is 0 Å². The maximum absolute atomic E-state index is 13.1. The summed E-state index contributed by atoms with van der Waals surface area (Å²) in [5.74, 6) is -4.05. The van der Waals surface area contributed by atoms with Crippen LogP contribution in [0, 0.1) is 12.8 Å². The van der Waals surface area contributed by atoms with Gasteiger partial charge in [-0.1, -0.05) is 0 Å². The second-order valence-corrected chi connectivity index (χ2v) is 8.73. The zero-order valence-electron chi connectivity index (χ0n) is 18.7. The van der Waals surface area contributed by atoms with Gasteiger partial charge in [0.1, 0.15) is 5.82 Å². The summed E-state index contributed by atoms with van der Waals surface area (Å²) < 4.78 is 55.8. The van der Waals surface area contributed by atoms with Gasteiger partial charge in [0, 0.05) is 35.5 Å². The predicted molar refractivity (Wildman–Crippen MR) is 114 cm³/mol. The molecule has 0 radical (unpaired) electrons. The van der Waals surface area contributed by atoms with Gasteiger partial charge < -0.3 is 15.0 Å². The number of carbonyl (C=O) groups is 2. The fraction of sp³-hybridized carbons (Fsp3) is 0.478. The molecular formula is C23H24F4N4O3. The van der Waals surface area contributed by atoms with Gasteiger partial charge in [-0.2, -0.15) is 8.78 Å². The van der Waals surface area contributed by atoms with E-state index in [1.165, 1.54) is 12.4 Å². The molecule has 1 saturated carbocycles. The minimum Gasteiger partial charge on any atom is -0.471 e. The van der Waals surface area contributed by atoms with E-state index in [0.29, 0.717) is 40.4 Å². The average Bonchev–Trinajstić information content (AvgIpc) is 3.53. The minimum atomic E-state index is -4.28. The first-order valence-corrected chi connectivity index (χ1v) is 10.9. The quantitative estimate of drug-likeness (QED) is 0.534. The van der Waals surface area contributed by atoms with E-state index in [0.717, 1.165) is 12.8 Å². The minimum absolute atomic E-state index is 0.129. The van der Waals surface area contributed by atoms with E-state index >= 15 is 0 Å².